The molecule has 3 nitrogen and oxygen atoms in total. The Morgan fingerprint density at radius 1 is 1.45 bits per heavy atom. The van der Waals surface area contributed by atoms with E-state index >= 15 is 0 Å². The molecule has 0 spiro atoms. The third kappa shape index (κ3) is 3.32. The Balaban J connectivity index is 2.12. The van der Waals surface area contributed by atoms with Gasteiger partial charge in [-0.2, -0.15) is 5.10 Å². The van der Waals surface area contributed by atoms with Crippen LogP contribution in [0.25, 0.3) is 0 Å². The molecule has 20 heavy (non-hydrogen) atoms. The van der Waals surface area contributed by atoms with Crippen LogP contribution < -0.4 is 5.32 Å². The van der Waals surface area contributed by atoms with Gasteiger partial charge in [0.05, 0.1) is 5.69 Å². The van der Waals surface area contributed by atoms with Crippen molar-refractivity contribution in [1.29, 1.82) is 0 Å². The molecule has 2 aromatic heterocycles. The lowest BCUT2D eigenvalue weighted by molar-refractivity contribution is 0.520. The van der Waals surface area contributed by atoms with Gasteiger partial charge in [-0.3, -0.25) is 4.68 Å². The van der Waals surface area contributed by atoms with Gasteiger partial charge in [0.1, 0.15) is 0 Å². The summed E-state index contributed by atoms with van der Waals surface area (Å²) in [6.45, 7) is 7.40. The summed E-state index contributed by atoms with van der Waals surface area (Å²) in [4.78, 5) is 1.39. The van der Waals surface area contributed by atoms with Crippen LogP contribution in [0, 0.1) is 13.8 Å². The van der Waals surface area contributed by atoms with Crippen LogP contribution in [0.5, 0.6) is 0 Å². The largest absolute Gasteiger partial charge is 0.309 e. The fourth-order valence-electron chi connectivity index (χ4n) is 2.59. The molecule has 2 aromatic rings. The maximum absolute atomic E-state index is 4.50. The molecule has 1 atom stereocenters. The molecular weight excluding hydrogens is 334 g/mol. The first-order chi connectivity index (χ1) is 9.54. The third-order valence-corrected chi connectivity index (χ3v) is 5.74. The summed E-state index contributed by atoms with van der Waals surface area (Å²) < 4.78 is 3.20. The lowest BCUT2D eigenvalue weighted by Gasteiger charge is -2.17. The van der Waals surface area contributed by atoms with Crippen molar-refractivity contribution >= 4 is 27.3 Å². The predicted molar refractivity (Wildman–Crippen MR) is 89.4 cm³/mol. The van der Waals surface area contributed by atoms with E-state index in [0.717, 1.165) is 25.1 Å². The Morgan fingerprint density at radius 2 is 2.20 bits per heavy atom. The Morgan fingerprint density at radius 3 is 2.70 bits per heavy atom. The standard InChI is InChI=1S/C15H22BrN3S/c1-5-17-14(15-13(16)8-9-20-15)7-6-12-10(2)18-19(4)11(12)3/h8-9,14,17H,5-7H2,1-4H3. The molecule has 0 saturated heterocycles. The summed E-state index contributed by atoms with van der Waals surface area (Å²) >= 11 is 5.47. The lowest BCUT2D eigenvalue weighted by atomic mass is 10.0. The molecule has 0 radical (unpaired) electrons. The molecule has 0 aliphatic heterocycles. The number of nitrogens with one attached hydrogen (secondary N) is 1. The maximum Gasteiger partial charge on any atom is 0.0628 e. The first-order valence-corrected chi connectivity index (χ1v) is 8.67. The van der Waals surface area contributed by atoms with Crippen LogP contribution in [0.1, 0.15) is 41.2 Å². The first-order valence-electron chi connectivity index (χ1n) is 7.00. The molecular formula is C15H22BrN3S. The van der Waals surface area contributed by atoms with E-state index in [-0.39, 0.29) is 0 Å². The van der Waals surface area contributed by atoms with Crippen molar-refractivity contribution in [3.63, 3.8) is 0 Å². The minimum Gasteiger partial charge on any atom is -0.309 e. The fraction of sp³-hybridized carbons (Fsp3) is 0.533. The lowest BCUT2D eigenvalue weighted by Crippen LogP contribution is -2.21. The van der Waals surface area contributed by atoms with Crippen molar-refractivity contribution < 1.29 is 0 Å². The highest BCUT2D eigenvalue weighted by Gasteiger charge is 2.17. The monoisotopic (exact) mass is 355 g/mol. The van der Waals surface area contributed by atoms with Crippen LogP contribution in [0.2, 0.25) is 0 Å². The normalized spacial score (nSPS) is 12.8. The predicted octanol–water partition coefficient (Wildman–Crippen LogP) is 4.14. The number of nitrogens with zero attached hydrogens (tertiary/aromatic N) is 2. The van der Waals surface area contributed by atoms with Crippen molar-refractivity contribution in [1.82, 2.24) is 15.1 Å². The summed E-state index contributed by atoms with van der Waals surface area (Å²) in [5.74, 6) is 0. The Hall–Kier alpha value is -0.650. The van der Waals surface area contributed by atoms with Gasteiger partial charge in [-0.15, -0.1) is 11.3 Å². The molecule has 1 N–H and O–H groups in total. The van der Waals surface area contributed by atoms with Gasteiger partial charge in [0.2, 0.25) is 0 Å². The number of thiophene rings is 1. The number of hydrogen-bond acceptors (Lipinski definition) is 3. The summed E-state index contributed by atoms with van der Waals surface area (Å²) in [6, 6.07) is 2.54. The topological polar surface area (TPSA) is 29.9 Å². The van der Waals surface area contributed by atoms with Gasteiger partial charge in [0.15, 0.2) is 0 Å². The molecule has 5 heteroatoms. The summed E-state index contributed by atoms with van der Waals surface area (Å²) in [5, 5.41) is 10.2. The number of halogens is 1. The molecule has 0 bridgehead atoms. The van der Waals surface area contributed by atoms with Crippen LogP contribution in [-0.4, -0.2) is 16.3 Å². The fourth-order valence-corrected chi connectivity index (χ4v) is 4.35. The Labute approximate surface area is 133 Å². The Bertz CT molecular complexity index is 574. The first kappa shape index (κ1) is 15.7. The van der Waals surface area contributed by atoms with Crippen molar-refractivity contribution in [3.05, 3.63) is 37.7 Å². The van der Waals surface area contributed by atoms with Crippen molar-refractivity contribution in [2.45, 2.75) is 39.7 Å². The maximum atomic E-state index is 4.50. The van der Waals surface area contributed by atoms with Gasteiger partial charge < -0.3 is 5.32 Å². The van der Waals surface area contributed by atoms with Crippen molar-refractivity contribution in [2.75, 3.05) is 6.54 Å². The summed E-state index contributed by atoms with van der Waals surface area (Å²) in [7, 11) is 2.02. The van der Waals surface area contributed by atoms with Gasteiger partial charge in [0.25, 0.3) is 0 Å². The minimum atomic E-state index is 0.411. The second kappa shape index (κ2) is 6.87. The van der Waals surface area contributed by atoms with E-state index in [0.29, 0.717) is 6.04 Å². The molecule has 0 saturated carbocycles. The molecule has 1 unspecified atom stereocenters. The number of hydrogen-bond donors (Lipinski definition) is 1. The van der Waals surface area contributed by atoms with E-state index in [1.807, 2.05) is 23.1 Å². The average Bonchev–Trinajstić information content (AvgIpc) is 2.92. The molecule has 0 amide bonds. The molecule has 0 aliphatic carbocycles. The highest BCUT2D eigenvalue weighted by atomic mass is 79.9. The van der Waals surface area contributed by atoms with E-state index in [1.54, 1.807) is 0 Å². The molecule has 110 valence electrons. The number of aryl methyl sites for hydroxylation is 2. The van der Waals surface area contributed by atoms with Crippen LogP contribution in [0.4, 0.5) is 0 Å². The van der Waals surface area contributed by atoms with Crippen molar-refractivity contribution in [3.8, 4) is 0 Å². The summed E-state index contributed by atoms with van der Waals surface area (Å²) in [6.07, 6.45) is 2.16. The highest BCUT2D eigenvalue weighted by molar-refractivity contribution is 9.10. The molecule has 0 aliphatic rings. The Kier molecular flexibility index (Phi) is 5.41. The zero-order valence-corrected chi connectivity index (χ0v) is 14.9. The van der Waals surface area contributed by atoms with Gasteiger partial charge in [-0.1, -0.05) is 6.92 Å². The molecule has 0 aromatic carbocycles. The van der Waals surface area contributed by atoms with Gasteiger partial charge in [-0.25, -0.2) is 0 Å². The zero-order chi connectivity index (χ0) is 14.7. The van der Waals surface area contributed by atoms with E-state index < -0.39 is 0 Å². The minimum absolute atomic E-state index is 0.411. The molecule has 2 heterocycles. The number of aromatic nitrogens is 2. The second-order valence-electron chi connectivity index (χ2n) is 5.05. The molecule has 0 fully saturated rings. The van der Waals surface area contributed by atoms with Crippen LogP contribution in [0.3, 0.4) is 0 Å². The second-order valence-corrected chi connectivity index (χ2v) is 6.86. The average molecular weight is 356 g/mol. The number of rotatable bonds is 6. The van der Waals surface area contributed by atoms with E-state index in [2.05, 4.69) is 58.6 Å². The van der Waals surface area contributed by atoms with Crippen LogP contribution >= 0.6 is 27.3 Å². The smallest absolute Gasteiger partial charge is 0.0628 e. The highest BCUT2D eigenvalue weighted by Crippen LogP contribution is 2.32. The quantitative estimate of drug-likeness (QED) is 0.843. The van der Waals surface area contributed by atoms with Crippen molar-refractivity contribution in [2.24, 2.45) is 7.05 Å². The van der Waals surface area contributed by atoms with Crippen LogP contribution in [-0.2, 0) is 13.5 Å². The third-order valence-electron chi connectivity index (χ3n) is 3.75. The summed E-state index contributed by atoms with van der Waals surface area (Å²) in [5.41, 5.74) is 3.83. The van der Waals surface area contributed by atoms with Crippen LogP contribution in [0.15, 0.2) is 15.9 Å². The van der Waals surface area contributed by atoms with Gasteiger partial charge in [0, 0.05) is 28.1 Å². The van der Waals surface area contributed by atoms with Gasteiger partial charge in [-0.05, 0) is 66.2 Å². The SMILES string of the molecule is CCNC(CCc1c(C)nn(C)c1C)c1sccc1Br. The van der Waals surface area contributed by atoms with E-state index in [1.165, 1.54) is 20.6 Å². The van der Waals surface area contributed by atoms with E-state index in [4.69, 9.17) is 0 Å². The van der Waals surface area contributed by atoms with Gasteiger partial charge >= 0.3 is 0 Å². The van der Waals surface area contributed by atoms with E-state index in [9.17, 15) is 0 Å². The zero-order valence-electron chi connectivity index (χ0n) is 12.5. The molecule has 2 rings (SSSR count).